The summed E-state index contributed by atoms with van der Waals surface area (Å²) in [5.74, 6) is 1.80. The van der Waals surface area contributed by atoms with E-state index in [1.807, 2.05) is 18.2 Å². The number of aromatic nitrogens is 3. The zero-order valence-electron chi connectivity index (χ0n) is 15.1. The number of anilines is 3. The highest BCUT2D eigenvalue weighted by Gasteiger charge is 2.16. The summed E-state index contributed by atoms with van der Waals surface area (Å²) in [6.45, 7) is 2.25. The molecule has 3 N–H and O–H groups in total. The van der Waals surface area contributed by atoms with E-state index in [4.69, 9.17) is 11.6 Å². The van der Waals surface area contributed by atoms with Crippen LogP contribution in [0.15, 0.2) is 59.9 Å². The molecule has 2 heterocycles. The fourth-order valence-electron chi connectivity index (χ4n) is 2.41. The Bertz CT molecular complexity index is 1050. The van der Waals surface area contributed by atoms with Gasteiger partial charge in [-0.25, -0.2) is 28.1 Å². The lowest BCUT2D eigenvalue weighted by molar-refractivity contribution is 0.582. The Labute approximate surface area is 168 Å². The zero-order chi connectivity index (χ0) is 20.0. The molecule has 0 unspecified atom stereocenters. The molecule has 0 radical (unpaired) electrons. The summed E-state index contributed by atoms with van der Waals surface area (Å²) in [7, 11) is -3.64. The lowest BCUT2D eigenvalue weighted by Gasteiger charge is -2.11. The highest BCUT2D eigenvalue weighted by molar-refractivity contribution is 7.89. The van der Waals surface area contributed by atoms with Crippen LogP contribution in [0.4, 0.5) is 17.5 Å². The molecule has 0 aliphatic heterocycles. The number of halogens is 1. The highest BCUT2D eigenvalue weighted by Crippen LogP contribution is 2.20. The molecule has 0 spiro atoms. The van der Waals surface area contributed by atoms with Crippen LogP contribution in [0.2, 0.25) is 5.02 Å². The van der Waals surface area contributed by atoms with E-state index in [2.05, 4.69) is 30.3 Å². The van der Waals surface area contributed by atoms with E-state index in [1.54, 1.807) is 31.3 Å². The summed E-state index contributed by atoms with van der Waals surface area (Å²) in [4.78, 5) is 12.6. The predicted octanol–water partition coefficient (Wildman–Crippen LogP) is 2.97. The Morgan fingerprint density at radius 1 is 0.964 bits per heavy atom. The summed E-state index contributed by atoms with van der Waals surface area (Å²) in [6, 6.07) is 12.0. The Hall–Kier alpha value is -2.75. The number of rotatable bonds is 8. The monoisotopic (exact) mass is 418 g/mol. The van der Waals surface area contributed by atoms with Crippen molar-refractivity contribution in [3.05, 3.63) is 65.6 Å². The largest absolute Gasteiger partial charge is 0.369 e. The molecule has 0 fully saturated rings. The molecule has 2 aromatic heterocycles. The van der Waals surface area contributed by atoms with E-state index in [9.17, 15) is 8.42 Å². The van der Waals surface area contributed by atoms with Crippen molar-refractivity contribution in [3.8, 4) is 0 Å². The van der Waals surface area contributed by atoms with Crippen LogP contribution in [0, 0.1) is 6.92 Å². The zero-order valence-corrected chi connectivity index (χ0v) is 16.6. The van der Waals surface area contributed by atoms with Gasteiger partial charge in [0, 0.05) is 30.4 Å². The van der Waals surface area contributed by atoms with Crippen molar-refractivity contribution < 1.29 is 8.42 Å². The van der Waals surface area contributed by atoms with Gasteiger partial charge in [-0.2, -0.15) is 0 Å². The Morgan fingerprint density at radius 3 is 2.57 bits per heavy atom. The quantitative estimate of drug-likeness (QED) is 0.482. The molecule has 0 atom stereocenters. The minimum Gasteiger partial charge on any atom is -0.369 e. The Balaban J connectivity index is 1.55. The molecular weight excluding hydrogens is 400 g/mol. The van der Waals surface area contributed by atoms with Gasteiger partial charge in [-0.1, -0.05) is 23.7 Å². The van der Waals surface area contributed by atoms with Gasteiger partial charge in [-0.05, 0) is 36.8 Å². The van der Waals surface area contributed by atoms with Gasteiger partial charge < -0.3 is 10.6 Å². The topological polar surface area (TPSA) is 109 Å². The molecule has 1 aromatic carbocycles. The number of aryl methyl sites for hydroxylation is 1. The summed E-state index contributed by atoms with van der Waals surface area (Å²) in [5.41, 5.74) is 0.630. The smallest absolute Gasteiger partial charge is 0.240 e. The van der Waals surface area contributed by atoms with E-state index < -0.39 is 10.0 Å². The van der Waals surface area contributed by atoms with Crippen molar-refractivity contribution in [1.29, 1.82) is 0 Å². The molecule has 0 aliphatic carbocycles. The second kappa shape index (κ2) is 8.96. The maximum Gasteiger partial charge on any atom is 0.240 e. The maximum absolute atomic E-state index is 12.4. The van der Waals surface area contributed by atoms with Gasteiger partial charge >= 0.3 is 0 Å². The molecule has 28 heavy (non-hydrogen) atoms. The van der Waals surface area contributed by atoms with Crippen LogP contribution in [-0.2, 0) is 10.0 Å². The summed E-state index contributed by atoms with van der Waals surface area (Å²) >= 11 is 5.91. The molecule has 0 aliphatic rings. The van der Waals surface area contributed by atoms with E-state index in [-0.39, 0.29) is 11.4 Å². The van der Waals surface area contributed by atoms with Gasteiger partial charge in [0.1, 0.15) is 23.8 Å². The molecule has 146 valence electrons. The number of hydrogen-bond acceptors (Lipinski definition) is 7. The maximum atomic E-state index is 12.4. The van der Waals surface area contributed by atoms with E-state index >= 15 is 0 Å². The third-order valence-corrected chi connectivity index (χ3v) is 5.59. The fourth-order valence-corrected chi connectivity index (χ4v) is 3.94. The summed E-state index contributed by atoms with van der Waals surface area (Å²) in [5, 5.41) is 6.50. The van der Waals surface area contributed by atoms with Gasteiger partial charge in [-0.3, -0.25) is 0 Å². The van der Waals surface area contributed by atoms with Crippen LogP contribution in [-0.4, -0.2) is 36.5 Å². The first kappa shape index (κ1) is 20.0. The second-order valence-electron chi connectivity index (χ2n) is 5.86. The van der Waals surface area contributed by atoms with Crippen molar-refractivity contribution in [3.63, 3.8) is 0 Å². The van der Waals surface area contributed by atoms with Crippen LogP contribution in [0.5, 0.6) is 0 Å². The van der Waals surface area contributed by atoms with E-state index in [1.165, 1.54) is 12.4 Å². The van der Waals surface area contributed by atoms with Gasteiger partial charge in [-0.15, -0.1) is 0 Å². The Kier molecular flexibility index (Phi) is 6.40. The van der Waals surface area contributed by atoms with Crippen LogP contribution in [0.25, 0.3) is 0 Å². The van der Waals surface area contributed by atoms with Crippen molar-refractivity contribution in [1.82, 2.24) is 19.7 Å². The molecule has 8 nitrogen and oxygen atoms in total. The van der Waals surface area contributed by atoms with Crippen LogP contribution in [0.1, 0.15) is 5.56 Å². The standard InChI is InChI=1S/C18H19ClN6O2S/c1-13-5-6-14(19)10-15(13)28(26,27)24-9-8-21-17-11-18(23-12-22-17)25-16-4-2-3-7-20-16/h2-7,10-12,24H,8-9H2,1H3,(H2,20,21,22,23,25). The average Bonchev–Trinajstić information content (AvgIpc) is 2.68. The van der Waals surface area contributed by atoms with Crippen LogP contribution < -0.4 is 15.4 Å². The van der Waals surface area contributed by atoms with Gasteiger partial charge in [0.15, 0.2) is 0 Å². The van der Waals surface area contributed by atoms with Gasteiger partial charge in [0.05, 0.1) is 4.90 Å². The number of benzene rings is 1. The van der Waals surface area contributed by atoms with Crippen molar-refractivity contribution >= 4 is 39.1 Å². The number of nitrogens with zero attached hydrogens (tertiary/aromatic N) is 3. The summed E-state index contributed by atoms with van der Waals surface area (Å²) < 4.78 is 27.4. The molecular formula is C18H19ClN6O2S. The van der Waals surface area contributed by atoms with Gasteiger partial charge in [0.2, 0.25) is 10.0 Å². The number of nitrogens with one attached hydrogen (secondary N) is 3. The molecule has 0 bridgehead atoms. The molecule has 0 saturated carbocycles. The minimum atomic E-state index is -3.64. The third-order valence-electron chi connectivity index (χ3n) is 3.75. The van der Waals surface area contributed by atoms with Crippen molar-refractivity contribution in [2.45, 2.75) is 11.8 Å². The first-order chi connectivity index (χ1) is 13.4. The molecule has 0 saturated heterocycles. The first-order valence-corrected chi connectivity index (χ1v) is 10.3. The lowest BCUT2D eigenvalue weighted by Crippen LogP contribution is -2.29. The lowest BCUT2D eigenvalue weighted by atomic mass is 10.2. The molecule has 3 rings (SSSR count). The van der Waals surface area contributed by atoms with Crippen LogP contribution >= 0.6 is 11.6 Å². The second-order valence-corrected chi connectivity index (χ2v) is 8.03. The number of pyridine rings is 1. The normalized spacial score (nSPS) is 11.2. The number of hydrogen-bond donors (Lipinski definition) is 3. The molecule has 3 aromatic rings. The average molecular weight is 419 g/mol. The SMILES string of the molecule is Cc1ccc(Cl)cc1S(=O)(=O)NCCNc1cc(Nc2ccccn2)ncn1. The third kappa shape index (κ3) is 5.38. The van der Waals surface area contributed by atoms with Crippen LogP contribution in [0.3, 0.4) is 0 Å². The van der Waals surface area contributed by atoms with Gasteiger partial charge in [0.25, 0.3) is 0 Å². The molecule has 10 heteroatoms. The van der Waals surface area contributed by atoms with E-state index in [0.717, 1.165) is 0 Å². The molecule has 0 amide bonds. The highest BCUT2D eigenvalue weighted by atomic mass is 35.5. The minimum absolute atomic E-state index is 0.170. The van der Waals surface area contributed by atoms with E-state index in [0.29, 0.717) is 34.6 Å². The fraction of sp³-hybridized carbons (Fsp3) is 0.167. The Morgan fingerprint density at radius 2 is 1.79 bits per heavy atom. The first-order valence-electron chi connectivity index (χ1n) is 8.44. The number of sulfonamides is 1. The predicted molar refractivity (Wildman–Crippen MR) is 109 cm³/mol. The summed E-state index contributed by atoms with van der Waals surface area (Å²) in [6.07, 6.45) is 3.09. The van der Waals surface area contributed by atoms with Crippen molar-refractivity contribution in [2.24, 2.45) is 0 Å². The van der Waals surface area contributed by atoms with Crippen molar-refractivity contribution in [2.75, 3.05) is 23.7 Å².